The summed E-state index contributed by atoms with van der Waals surface area (Å²) in [5.74, 6) is 0.970. The lowest BCUT2D eigenvalue weighted by atomic mass is 9.90. The fraction of sp³-hybridized carbons (Fsp3) is 0.750. The van der Waals surface area contributed by atoms with E-state index in [0.29, 0.717) is 0 Å². The van der Waals surface area contributed by atoms with Crippen molar-refractivity contribution in [2.24, 2.45) is 5.92 Å². The van der Waals surface area contributed by atoms with Crippen molar-refractivity contribution < 1.29 is 0 Å². The van der Waals surface area contributed by atoms with Crippen molar-refractivity contribution in [1.82, 2.24) is 0 Å². The van der Waals surface area contributed by atoms with E-state index in [9.17, 15) is 0 Å². The molecule has 1 aliphatic rings. The quantitative estimate of drug-likeness (QED) is 0.552. The Kier molecular flexibility index (Phi) is 5.14. The molecule has 1 radical (unpaired) electrons. The minimum Gasteiger partial charge on any atom is -0.0885 e. The average Bonchev–Trinajstić information content (AvgIpc) is 2.02. The third-order valence-electron chi connectivity index (χ3n) is 2.73. The van der Waals surface area contributed by atoms with E-state index in [1.807, 2.05) is 0 Å². The van der Waals surface area contributed by atoms with E-state index in [2.05, 4.69) is 25.5 Å². The molecular formula is C12H21. The van der Waals surface area contributed by atoms with Crippen LogP contribution >= 0.6 is 0 Å². The second kappa shape index (κ2) is 6.28. The zero-order chi connectivity index (χ0) is 8.65. The first-order chi connectivity index (χ1) is 5.93. The Labute approximate surface area is 77.1 Å². The van der Waals surface area contributed by atoms with Gasteiger partial charge in [0.25, 0.3) is 0 Å². The molecule has 69 valence electrons. The first kappa shape index (κ1) is 9.83. The fourth-order valence-corrected chi connectivity index (χ4v) is 1.88. The number of rotatable bonds is 3. The Balaban J connectivity index is 2.20. The summed E-state index contributed by atoms with van der Waals surface area (Å²) in [6.45, 7) is 2.17. The van der Waals surface area contributed by atoms with Crippen LogP contribution in [-0.2, 0) is 0 Å². The SMILES string of the molecule is C[CH]CCC1CC=CCCCC1. The zero-order valence-corrected chi connectivity index (χ0v) is 8.26. The molecule has 12 heavy (non-hydrogen) atoms. The van der Waals surface area contributed by atoms with E-state index < -0.39 is 0 Å². The van der Waals surface area contributed by atoms with Gasteiger partial charge in [0.05, 0.1) is 0 Å². The lowest BCUT2D eigenvalue weighted by Gasteiger charge is -2.15. The maximum atomic E-state index is 2.39. The van der Waals surface area contributed by atoms with Crippen molar-refractivity contribution in [2.75, 3.05) is 0 Å². The largest absolute Gasteiger partial charge is 0.0885 e. The summed E-state index contributed by atoms with van der Waals surface area (Å²) in [5.41, 5.74) is 0. The normalized spacial score (nSPS) is 24.9. The molecule has 0 heterocycles. The van der Waals surface area contributed by atoms with E-state index in [0.717, 1.165) is 5.92 Å². The van der Waals surface area contributed by atoms with Crippen LogP contribution in [0.4, 0.5) is 0 Å². The van der Waals surface area contributed by atoms with Crippen LogP contribution < -0.4 is 0 Å². The molecule has 0 aliphatic heterocycles. The van der Waals surface area contributed by atoms with Gasteiger partial charge in [0.2, 0.25) is 0 Å². The Morgan fingerprint density at radius 1 is 1.33 bits per heavy atom. The maximum Gasteiger partial charge on any atom is -0.0322 e. The van der Waals surface area contributed by atoms with Crippen molar-refractivity contribution in [3.63, 3.8) is 0 Å². The predicted molar refractivity (Wildman–Crippen MR) is 54.9 cm³/mol. The molecule has 0 spiro atoms. The molecule has 0 aromatic heterocycles. The molecule has 0 aromatic carbocycles. The van der Waals surface area contributed by atoms with Crippen LogP contribution in [0, 0.1) is 12.3 Å². The number of unbranched alkanes of at least 4 members (excludes halogenated alkanes) is 1. The maximum absolute atomic E-state index is 2.39. The first-order valence-corrected chi connectivity index (χ1v) is 5.36. The van der Waals surface area contributed by atoms with Gasteiger partial charge in [-0.2, -0.15) is 0 Å². The second-order valence-corrected chi connectivity index (χ2v) is 3.84. The van der Waals surface area contributed by atoms with Gasteiger partial charge in [-0.1, -0.05) is 38.3 Å². The molecule has 0 saturated heterocycles. The molecule has 1 aliphatic carbocycles. The Morgan fingerprint density at radius 2 is 2.25 bits per heavy atom. The minimum atomic E-state index is 0.970. The van der Waals surface area contributed by atoms with E-state index in [-0.39, 0.29) is 0 Å². The summed E-state index contributed by atoms with van der Waals surface area (Å²) in [4.78, 5) is 0. The monoisotopic (exact) mass is 165 g/mol. The van der Waals surface area contributed by atoms with Gasteiger partial charge in [-0.25, -0.2) is 0 Å². The van der Waals surface area contributed by atoms with Gasteiger partial charge >= 0.3 is 0 Å². The van der Waals surface area contributed by atoms with Crippen molar-refractivity contribution in [2.45, 2.75) is 51.9 Å². The standard InChI is InChI=1S/C12H21/c1-2-3-9-12-10-7-5-4-6-8-11-12/h2,5,7,12H,3-4,6,8-11H2,1H3. The molecule has 1 atom stereocenters. The molecule has 0 heteroatoms. The average molecular weight is 165 g/mol. The van der Waals surface area contributed by atoms with Crippen molar-refractivity contribution in [1.29, 1.82) is 0 Å². The van der Waals surface area contributed by atoms with Gasteiger partial charge in [0.1, 0.15) is 0 Å². The van der Waals surface area contributed by atoms with Crippen LogP contribution in [0.2, 0.25) is 0 Å². The highest BCUT2D eigenvalue weighted by atomic mass is 14.1. The smallest absolute Gasteiger partial charge is 0.0322 e. The summed E-state index contributed by atoms with van der Waals surface area (Å²) in [6, 6.07) is 0. The summed E-state index contributed by atoms with van der Waals surface area (Å²) in [5, 5.41) is 0. The first-order valence-electron chi connectivity index (χ1n) is 5.36. The highest BCUT2D eigenvalue weighted by Gasteiger charge is 2.07. The number of hydrogen-bond donors (Lipinski definition) is 0. The van der Waals surface area contributed by atoms with Crippen molar-refractivity contribution in [3.05, 3.63) is 18.6 Å². The number of hydrogen-bond acceptors (Lipinski definition) is 0. The van der Waals surface area contributed by atoms with E-state index in [1.54, 1.807) is 0 Å². The lowest BCUT2D eigenvalue weighted by Crippen LogP contribution is -2.00. The molecule has 0 aromatic rings. The Bertz CT molecular complexity index is 124. The van der Waals surface area contributed by atoms with E-state index >= 15 is 0 Å². The predicted octanol–water partition coefficient (Wildman–Crippen LogP) is 4.13. The summed E-state index contributed by atoms with van der Waals surface area (Å²) in [6.07, 6.45) is 16.7. The highest BCUT2D eigenvalue weighted by molar-refractivity contribution is 4.86. The number of allylic oxidation sites excluding steroid dienone is 2. The topological polar surface area (TPSA) is 0 Å². The molecule has 1 rings (SSSR count). The van der Waals surface area contributed by atoms with Crippen molar-refractivity contribution >= 4 is 0 Å². The minimum absolute atomic E-state index is 0.970. The molecule has 0 N–H and O–H groups in total. The van der Waals surface area contributed by atoms with Crippen LogP contribution in [-0.4, -0.2) is 0 Å². The molecule has 1 unspecified atom stereocenters. The Hall–Kier alpha value is -0.260. The van der Waals surface area contributed by atoms with Gasteiger partial charge in [-0.3, -0.25) is 0 Å². The van der Waals surface area contributed by atoms with Gasteiger partial charge in [0.15, 0.2) is 0 Å². The lowest BCUT2D eigenvalue weighted by molar-refractivity contribution is 0.427. The van der Waals surface area contributed by atoms with Crippen molar-refractivity contribution in [3.8, 4) is 0 Å². The van der Waals surface area contributed by atoms with Crippen LogP contribution in [0.3, 0.4) is 0 Å². The summed E-state index contributed by atoms with van der Waals surface area (Å²) in [7, 11) is 0. The molecular weight excluding hydrogens is 144 g/mol. The molecule has 0 fully saturated rings. The second-order valence-electron chi connectivity index (χ2n) is 3.84. The van der Waals surface area contributed by atoms with E-state index in [4.69, 9.17) is 0 Å². The third kappa shape index (κ3) is 3.94. The Morgan fingerprint density at radius 3 is 3.08 bits per heavy atom. The van der Waals surface area contributed by atoms with Gasteiger partial charge in [-0.05, 0) is 38.0 Å². The highest BCUT2D eigenvalue weighted by Crippen LogP contribution is 2.22. The van der Waals surface area contributed by atoms with Crippen LogP contribution in [0.5, 0.6) is 0 Å². The third-order valence-corrected chi connectivity index (χ3v) is 2.73. The molecule has 0 nitrogen and oxygen atoms in total. The fourth-order valence-electron chi connectivity index (χ4n) is 1.88. The van der Waals surface area contributed by atoms with Crippen LogP contribution in [0.15, 0.2) is 12.2 Å². The van der Waals surface area contributed by atoms with Gasteiger partial charge < -0.3 is 0 Å². The zero-order valence-electron chi connectivity index (χ0n) is 8.26. The van der Waals surface area contributed by atoms with Gasteiger partial charge in [0, 0.05) is 0 Å². The molecule has 0 bridgehead atoms. The molecule has 0 saturated carbocycles. The van der Waals surface area contributed by atoms with E-state index in [1.165, 1.54) is 44.9 Å². The molecule has 0 amide bonds. The summed E-state index contributed by atoms with van der Waals surface area (Å²) >= 11 is 0. The van der Waals surface area contributed by atoms with Gasteiger partial charge in [-0.15, -0.1) is 0 Å². The summed E-state index contributed by atoms with van der Waals surface area (Å²) < 4.78 is 0. The van der Waals surface area contributed by atoms with Crippen LogP contribution in [0.1, 0.15) is 51.9 Å². The van der Waals surface area contributed by atoms with Crippen LogP contribution in [0.25, 0.3) is 0 Å².